The highest BCUT2D eigenvalue weighted by Gasteiger charge is 2.29. The molecule has 2 aliphatic heterocycles. The number of aromatic nitrogens is 2. The van der Waals surface area contributed by atoms with E-state index >= 15 is 0 Å². The molecule has 25 heavy (non-hydrogen) atoms. The topological polar surface area (TPSA) is 41.5 Å². The van der Waals surface area contributed by atoms with E-state index in [0.29, 0.717) is 12.0 Å². The summed E-state index contributed by atoms with van der Waals surface area (Å²) in [6, 6.07) is 0.806. The summed E-state index contributed by atoms with van der Waals surface area (Å²) in [5.74, 6) is 0.602. The van der Waals surface area contributed by atoms with Gasteiger partial charge in [0.25, 0.3) is 0 Å². The van der Waals surface area contributed by atoms with Gasteiger partial charge in [-0.1, -0.05) is 11.3 Å². The van der Waals surface area contributed by atoms with Crippen LogP contribution in [0.3, 0.4) is 0 Å². The van der Waals surface area contributed by atoms with Crippen LogP contribution in [-0.2, 0) is 4.74 Å². The first-order valence-electron chi connectivity index (χ1n) is 10.3. The van der Waals surface area contributed by atoms with E-state index in [1.165, 1.54) is 69.5 Å². The van der Waals surface area contributed by atoms with Gasteiger partial charge < -0.3 is 14.5 Å². The SMILES string of the molecule is CCOC1CCC(c2nnc(N3CCC(N4CCCC4)CC3)s2)CC1. The van der Waals surface area contributed by atoms with Crippen molar-refractivity contribution in [1.82, 2.24) is 15.1 Å². The number of hydrogen-bond donors (Lipinski definition) is 0. The predicted molar refractivity (Wildman–Crippen MR) is 103 cm³/mol. The molecule has 0 amide bonds. The van der Waals surface area contributed by atoms with Crippen LogP contribution in [-0.4, -0.2) is 60.0 Å². The normalized spacial score (nSPS) is 29.4. The molecule has 1 saturated carbocycles. The quantitative estimate of drug-likeness (QED) is 0.797. The summed E-state index contributed by atoms with van der Waals surface area (Å²) in [5, 5.41) is 11.5. The highest BCUT2D eigenvalue weighted by atomic mass is 32.1. The van der Waals surface area contributed by atoms with Crippen molar-refractivity contribution in [2.45, 2.75) is 76.4 Å². The number of piperidine rings is 1. The Balaban J connectivity index is 1.28. The molecule has 1 aromatic rings. The maximum Gasteiger partial charge on any atom is 0.208 e. The largest absolute Gasteiger partial charge is 0.379 e. The van der Waals surface area contributed by atoms with Crippen LogP contribution in [0.5, 0.6) is 0 Å². The molecular formula is C19H32N4OS. The Kier molecular flexibility index (Phi) is 5.88. The molecule has 3 heterocycles. The molecule has 0 N–H and O–H groups in total. The number of anilines is 1. The van der Waals surface area contributed by atoms with Crippen LogP contribution >= 0.6 is 11.3 Å². The maximum atomic E-state index is 5.77. The first kappa shape index (κ1) is 17.7. The molecule has 3 fully saturated rings. The zero-order valence-electron chi connectivity index (χ0n) is 15.5. The first-order chi connectivity index (χ1) is 12.3. The van der Waals surface area contributed by atoms with Crippen molar-refractivity contribution in [3.63, 3.8) is 0 Å². The molecule has 5 nitrogen and oxygen atoms in total. The third-order valence-corrected chi connectivity index (χ3v) is 7.39. The van der Waals surface area contributed by atoms with Gasteiger partial charge in [-0.05, 0) is 71.4 Å². The molecule has 0 atom stereocenters. The highest BCUT2D eigenvalue weighted by Crippen LogP contribution is 2.37. The van der Waals surface area contributed by atoms with Gasteiger partial charge >= 0.3 is 0 Å². The number of likely N-dealkylation sites (tertiary alicyclic amines) is 1. The third kappa shape index (κ3) is 4.17. The Morgan fingerprint density at radius 1 is 0.960 bits per heavy atom. The van der Waals surface area contributed by atoms with Crippen LogP contribution in [0, 0.1) is 0 Å². The minimum Gasteiger partial charge on any atom is -0.379 e. The maximum absolute atomic E-state index is 5.77. The summed E-state index contributed by atoms with van der Waals surface area (Å²) in [5.41, 5.74) is 0. The summed E-state index contributed by atoms with van der Waals surface area (Å²) >= 11 is 1.84. The van der Waals surface area contributed by atoms with Gasteiger partial charge in [-0.15, -0.1) is 10.2 Å². The molecule has 140 valence electrons. The molecule has 1 aromatic heterocycles. The number of nitrogens with zero attached hydrogens (tertiary/aromatic N) is 4. The Bertz CT molecular complexity index is 529. The predicted octanol–water partition coefficient (Wildman–Crippen LogP) is 3.67. The highest BCUT2D eigenvalue weighted by molar-refractivity contribution is 7.15. The van der Waals surface area contributed by atoms with Gasteiger partial charge in [0.15, 0.2) is 0 Å². The van der Waals surface area contributed by atoms with Crippen molar-refractivity contribution in [2.75, 3.05) is 37.7 Å². The minimum atomic E-state index is 0.471. The van der Waals surface area contributed by atoms with E-state index in [-0.39, 0.29) is 0 Å². The Morgan fingerprint density at radius 3 is 2.36 bits per heavy atom. The smallest absolute Gasteiger partial charge is 0.208 e. The van der Waals surface area contributed by atoms with E-state index in [2.05, 4.69) is 26.9 Å². The lowest BCUT2D eigenvalue weighted by Gasteiger charge is -2.36. The summed E-state index contributed by atoms with van der Waals surface area (Å²) in [6.07, 6.45) is 10.6. The van der Waals surface area contributed by atoms with E-state index in [1.54, 1.807) is 0 Å². The summed E-state index contributed by atoms with van der Waals surface area (Å²) in [4.78, 5) is 5.18. The van der Waals surface area contributed by atoms with Crippen molar-refractivity contribution < 1.29 is 4.74 Å². The van der Waals surface area contributed by atoms with Crippen LogP contribution in [0.15, 0.2) is 0 Å². The Hall–Kier alpha value is -0.720. The zero-order chi connectivity index (χ0) is 17.1. The second-order valence-electron chi connectivity index (χ2n) is 7.81. The molecule has 0 bridgehead atoms. The van der Waals surface area contributed by atoms with Crippen LogP contribution < -0.4 is 4.90 Å². The van der Waals surface area contributed by atoms with Crippen molar-refractivity contribution in [3.05, 3.63) is 5.01 Å². The number of ether oxygens (including phenoxy) is 1. The lowest BCUT2D eigenvalue weighted by atomic mass is 9.88. The second kappa shape index (κ2) is 8.31. The molecule has 4 rings (SSSR count). The van der Waals surface area contributed by atoms with Gasteiger partial charge in [0.05, 0.1) is 6.10 Å². The van der Waals surface area contributed by atoms with Gasteiger partial charge in [-0.3, -0.25) is 0 Å². The molecule has 6 heteroatoms. The van der Waals surface area contributed by atoms with Crippen molar-refractivity contribution in [1.29, 1.82) is 0 Å². The summed E-state index contributed by atoms with van der Waals surface area (Å²) in [6.45, 7) is 7.86. The average molecular weight is 365 g/mol. The molecule has 1 aliphatic carbocycles. The fourth-order valence-electron chi connectivity index (χ4n) is 4.76. The monoisotopic (exact) mass is 364 g/mol. The summed E-state index contributed by atoms with van der Waals surface area (Å²) in [7, 11) is 0. The van der Waals surface area contributed by atoms with E-state index in [4.69, 9.17) is 4.74 Å². The zero-order valence-corrected chi connectivity index (χ0v) is 16.3. The van der Waals surface area contributed by atoms with Gasteiger partial charge in [-0.25, -0.2) is 0 Å². The number of rotatable bonds is 5. The van der Waals surface area contributed by atoms with Gasteiger partial charge in [0, 0.05) is 31.7 Å². The fraction of sp³-hybridized carbons (Fsp3) is 0.895. The van der Waals surface area contributed by atoms with Crippen LogP contribution in [0.4, 0.5) is 5.13 Å². The van der Waals surface area contributed by atoms with Gasteiger partial charge in [0.1, 0.15) is 5.01 Å². The average Bonchev–Trinajstić information content (AvgIpc) is 3.35. The molecule has 0 spiro atoms. The first-order valence-corrected chi connectivity index (χ1v) is 11.1. The molecule has 0 aromatic carbocycles. The van der Waals surface area contributed by atoms with Gasteiger partial charge in [-0.2, -0.15) is 0 Å². The molecule has 2 saturated heterocycles. The van der Waals surface area contributed by atoms with Crippen LogP contribution in [0.1, 0.15) is 69.2 Å². The molecular weight excluding hydrogens is 332 g/mol. The second-order valence-corrected chi connectivity index (χ2v) is 8.80. The summed E-state index contributed by atoms with van der Waals surface area (Å²) < 4.78 is 5.77. The Labute approximate surface area is 155 Å². The van der Waals surface area contributed by atoms with Crippen molar-refractivity contribution in [2.24, 2.45) is 0 Å². The van der Waals surface area contributed by atoms with Crippen molar-refractivity contribution in [3.8, 4) is 0 Å². The Morgan fingerprint density at radius 2 is 1.68 bits per heavy atom. The minimum absolute atomic E-state index is 0.471. The van der Waals surface area contributed by atoms with Crippen LogP contribution in [0.2, 0.25) is 0 Å². The van der Waals surface area contributed by atoms with E-state index < -0.39 is 0 Å². The van der Waals surface area contributed by atoms with E-state index in [1.807, 2.05) is 11.3 Å². The van der Waals surface area contributed by atoms with Crippen LogP contribution in [0.25, 0.3) is 0 Å². The van der Waals surface area contributed by atoms with Crippen molar-refractivity contribution >= 4 is 16.5 Å². The molecule has 3 aliphatic rings. The molecule has 0 radical (unpaired) electrons. The lowest BCUT2D eigenvalue weighted by Crippen LogP contribution is -2.43. The third-order valence-electron chi connectivity index (χ3n) is 6.25. The fourth-order valence-corrected chi connectivity index (χ4v) is 5.82. The number of hydrogen-bond acceptors (Lipinski definition) is 6. The van der Waals surface area contributed by atoms with Gasteiger partial charge in [0.2, 0.25) is 5.13 Å². The van der Waals surface area contributed by atoms with E-state index in [9.17, 15) is 0 Å². The standard InChI is InChI=1S/C19H32N4OS/c1-2-24-17-7-5-15(6-8-17)18-20-21-19(25-18)23-13-9-16(10-14-23)22-11-3-4-12-22/h15-17H,2-14H2,1H3. The lowest BCUT2D eigenvalue weighted by molar-refractivity contribution is 0.0327. The molecule has 0 unspecified atom stereocenters. The van der Waals surface area contributed by atoms with E-state index in [0.717, 1.165) is 30.9 Å².